The molecule has 1 aliphatic rings. The van der Waals surface area contributed by atoms with Gasteiger partial charge in [-0.1, -0.05) is 25.5 Å². The first-order valence-electron chi connectivity index (χ1n) is 8.39. The zero-order valence-corrected chi connectivity index (χ0v) is 13.6. The summed E-state index contributed by atoms with van der Waals surface area (Å²) in [5.41, 5.74) is 1.34. The number of likely N-dealkylation sites (tertiary alicyclic amines) is 1. The molecule has 0 spiro atoms. The van der Waals surface area contributed by atoms with Crippen LogP contribution < -0.4 is 10.1 Å². The van der Waals surface area contributed by atoms with Crippen molar-refractivity contribution >= 4 is 0 Å². The van der Waals surface area contributed by atoms with E-state index in [1.54, 1.807) is 0 Å². The normalized spacial score (nSPS) is 17.0. The number of benzene rings is 1. The third-order valence-corrected chi connectivity index (χ3v) is 4.29. The van der Waals surface area contributed by atoms with E-state index < -0.39 is 0 Å². The van der Waals surface area contributed by atoms with Crippen LogP contribution in [0.3, 0.4) is 0 Å². The van der Waals surface area contributed by atoms with Crippen LogP contribution in [0.15, 0.2) is 24.3 Å². The summed E-state index contributed by atoms with van der Waals surface area (Å²) in [5, 5.41) is 3.60. The zero-order valence-electron chi connectivity index (χ0n) is 13.6. The molecule has 0 atom stereocenters. The number of ether oxygens (including phenoxy) is 1. The molecule has 1 fully saturated rings. The molecule has 0 saturated carbocycles. The van der Waals surface area contributed by atoms with Crippen LogP contribution in [-0.4, -0.2) is 38.2 Å². The molecule has 3 nitrogen and oxygen atoms in total. The maximum absolute atomic E-state index is 5.69. The number of piperidine rings is 1. The fourth-order valence-corrected chi connectivity index (χ4v) is 2.72. The van der Waals surface area contributed by atoms with Crippen molar-refractivity contribution in [1.29, 1.82) is 0 Å². The molecular formula is C18H30N2O. The summed E-state index contributed by atoms with van der Waals surface area (Å²) in [4.78, 5) is 2.42. The Morgan fingerprint density at radius 2 is 1.90 bits per heavy atom. The van der Waals surface area contributed by atoms with Gasteiger partial charge in [-0.2, -0.15) is 0 Å². The third-order valence-electron chi connectivity index (χ3n) is 4.29. The lowest BCUT2D eigenvalue weighted by molar-refractivity contribution is 0.216. The Morgan fingerprint density at radius 1 is 1.19 bits per heavy atom. The van der Waals surface area contributed by atoms with Crippen molar-refractivity contribution in [2.24, 2.45) is 5.92 Å². The van der Waals surface area contributed by atoms with Gasteiger partial charge < -0.3 is 15.0 Å². The quantitative estimate of drug-likeness (QED) is 0.744. The molecule has 0 unspecified atom stereocenters. The maximum atomic E-state index is 5.69. The van der Waals surface area contributed by atoms with Crippen LogP contribution in [-0.2, 0) is 6.54 Å². The second-order valence-electron chi connectivity index (χ2n) is 6.22. The molecule has 1 heterocycles. The molecule has 1 saturated heterocycles. The molecule has 0 radical (unpaired) electrons. The SMILES string of the molecule is CCCCOc1ccc(CNCC2CCN(C)CC2)cc1. The van der Waals surface area contributed by atoms with Gasteiger partial charge >= 0.3 is 0 Å². The van der Waals surface area contributed by atoms with Crippen LogP contribution in [0.1, 0.15) is 38.2 Å². The minimum atomic E-state index is 0.824. The Hall–Kier alpha value is -1.06. The van der Waals surface area contributed by atoms with Crippen molar-refractivity contribution in [3.05, 3.63) is 29.8 Å². The first-order chi connectivity index (χ1) is 10.3. The third kappa shape index (κ3) is 6.06. The number of hydrogen-bond donors (Lipinski definition) is 1. The first kappa shape index (κ1) is 16.3. The van der Waals surface area contributed by atoms with Gasteiger partial charge in [0.2, 0.25) is 0 Å². The highest BCUT2D eigenvalue weighted by atomic mass is 16.5. The molecule has 0 amide bonds. The van der Waals surface area contributed by atoms with Gasteiger partial charge in [-0.3, -0.25) is 0 Å². The Bertz CT molecular complexity index is 383. The number of nitrogens with zero attached hydrogens (tertiary/aromatic N) is 1. The van der Waals surface area contributed by atoms with Gasteiger partial charge in [0, 0.05) is 6.54 Å². The smallest absolute Gasteiger partial charge is 0.119 e. The van der Waals surface area contributed by atoms with Crippen molar-refractivity contribution in [3.8, 4) is 5.75 Å². The Kier molecular flexibility index (Phi) is 7.04. The van der Waals surface area contributed by atoms with Gasteiger partial charge in [-0.15, -0.1) is 0 Å². The van der Waals surface area contributed by atoms with Crippen LogP contribution in [0.5, 0.6) is 5.75 Å². The molecular weight excluding hydrogens is 260 g/mol. The van der Waals surface area contributed by atoms with Crippen LogP contribution in [0.25, 0.3) is 0 Å². The highest BCUT2D eigenvalue weighted by molar-refractivity contribution is 5.27. The van der Waals surface area contributed by atoms with Gasteiger partial charge in [-0.05, 0) is 69.6 Å². The number of nitrogens with one attached hydrogen (secondary N) is 1. The van der Waals surface area contributed by atoms with E-state index in [0.29, 0.717) is 0 Å². The molecule has 3 heteroatoms. The minimum absolute atomic E-state index is 0.824. The molecule has 21 heavy (non-hydrogen) atoms. The second kappa shape index (κ2) is 9.06. The number of hydrogen-bond acceptors (Lipinski definition) is 3. The Labute approximate surface area is 129 Å². The largest absolute Gasteiger partial charge is 0.494 e. The van der Waals surface area contributed by atoms with E-state index in [4.69, 9.17) is 4.74 Å². The lowest BCUT2D eigenvalue weighted by Crippen LogP contribution is -2.34. The van der Waals surface area contributed by atoms with E-state index in [-0.39, 0.29) is 0 Å². The lowest BCUT2D eigenvalue weighted by Gasteiger charge is -2.29. The fraction of sp³-hybridized carbons (Fsp3) is 0.667. The van der Waals surface area contributed by atoms with Crippen molar-refractivity contribution in [1.82, 2.24) is 10.2 Å². The van der Waals surface area contributed by atoms with Crippen molar-refractivity contribution < 1.29 is 4.74 Å². The Balaban J connectivity index is 1.64. The van der Waals surface area contributed by atoms with Crippen LogP contribution in [0, 0.1) is 5.92 Å². The average Bonchev–Trinajstić information content (AvgIpc) is 2.51. The molecule has 1 aromatic carbocycles. The van der Waals surface area contributed by atoms with Gasteiger partial charge in [0.1, 0.15) is 5.75 Å². The van der Waals surface area contributed by atoms with Gasteiger partial charge in [-0.25, -0.2) is 0 Å². The van der Waals surface area contributed by atoms with Gasteiger partial charge in [0.25, 0.3) is 0 Å². The standard InChI is InChI=1S/C18H30N2O/c1-3-4-13-21-18-7-5-16(6-8-18)14-19-15-17-9-11-20(2)12-10-17/h5-8,17,19H,3-4,9-15H2,1-2H3. The predicted octanol–water partition coefficient (Wildman–Crippen LogP) is 3.30. The fourth-order valence-electron chi connectivity index (χ4n) is 2.72. The van der Waals surface area contributed by atoms with Crippen LogP contribution in [0.4, 0.5) is 0 Å². The van der Waals surface area contributed by atoms with Crippen molar-refractivity contribution in [2.45, 2.75) is 39.2 Å². The van der Waals surface area contributed by atoms with Crippen LogP contribution >= 0.6 is 0 Å². The van der Waals surface area contributed by atoms with E-state index in [1.807, 2.05) is 0 Å². The predicted molar refractivity (Wildman–Crippen MR) is 88.8 cm³/mol. The van der Waals surface area contributed by atoms with E-state index >= 15 is 0 Å². The zero-order chi connectivity index (χ0) is 14.9. The molecule has 0 aliphatic carbocycles. The second-order valence-corrected chi connectivity index (χ2v) is 6.22. The summed E-state index contributed by atoms with van der Waals surface area (Å²) in [7, 11) is 2.22. The summed E-state index contributed by atoms with van der Waals surface area (Å²) in [5.74, 6) is 1.83. The number of rotatable bonds is 8. The highest BCUT2D eigenvalue weighted by Crippen LogP contribution is 2.16. The topological polar surface area (TPSA) is 24.5 Å². The summed E-state index contributed by atoms with van der Waals surface area (Å²) in [6.45, 7) is 7.60. The number of unbranched alkanes of at least 4 members (excludes halogenated alkanes) is 1. The Morgan fingerprint density at radius 3 is 2.57 bits per heavy atom. The summed E-state index contributed by atoms with van der Waals surface area (Å²) >= 11 is 0. The van der Waals surface area contributed by atoms with Crippen molar-refractivity contribution in [2.75, 3.05) is 33.3 Å². The summed E-state index contributed by atoms with van der Waals surface area (Å²) in [6.07, 6.45) is 4.96. The monoisotopic (exact) mass is 290 g/mol. The van der Waals surface area contributed by atoms with E-state index in [9.17, 15) is 0 Å². The highest BCUT2D eigenvalue weighted by Gasteiger charge is 2.15. The molecule has 2 rings (SSSR count). The molecule has 118 valence electrons. The van der Waals surface area contributed by atoms with E-state index in [1.165, 1.54) is 37.9 Å². The summed E-state index contributed by atoms with van der Waals surface area (Å²) < 4.78 is 5.69. The molecule has 0 bridgehead atoms. The molecule has 1 aliphatic heterocycles. The minimum Gasteiger partial charge on any atom is -0.494 e. The first-order valence-corrected chi connectivity index (χ1v) is 8.39. The van der Waals surface area contributed by atoms with Crippen LogP contribution in [0.2, 0.25) is 0 Å². The average molecular weight is 290 g/mol. The van der Waals surface area contributed by atoms with Gasteiger partial charge in [0.05, 0.1) is 6.61 Å². The summed E-state index contributed by atoms with van der Waals surface area (Å²) in [6, 6.07) is 8.51. The molecule has 1 N–H and O–H groups in total. The van der Waals surface area contributed by atoms with E-state index in [0.717, 1.165) is 37.8 Å². The maximum Gasteiger partial charge on any atom is 0.119 e. The van der Waals surface area contributed by atoms with E-state index in [2.05, 4.69) is 48.5 Å². The van der Waals surface area contributed by atoms with Crippen molar-refractivity contribution in [3.63, 3.8) is 0 Å². The lowest BCUT2D eigenvalue weighted by atomic mass is 9.97. The molecule has 0 aromatic heterocycles. The molecule has 1 aromatic rings. The van der Waals surface area contributed by atoms with Gasteiger partial charge in [0.15, 0.2) is 0 Å².